The van der Waals surface area contributed by atoms with Crippen molar-refractivity contribution in [3.8, 4) is 0 Å². The fourth-order valence-electron chi connectivity index (χ4n) is 8.65. The molecule has 0 saturated heterocycles. The molecule has 12 aromatic rings. The summed E-state index contributed by atoms with van der Waals surface area (Å²) < 4.78 is 7.62. The molecule has 0 unspecified atom stereocenters. The molecule has 0 saturated carbocycles. The quantitative estimate of drug-likeness (QED) is 0.139. The summed E-state index contributed by atoms with van der Waals surface area (Å²) in [5.74, 6) is 0. The topological polar surface area (TPSA) is 68.8 Å². The average molecular weight is 591 g/mol. The van der Waals surface area contributed by atoms with Gasteiger partial charge >= 0.3 is 0 Å². The predicted molar refractivity (Wildman–Crippen MR) is 185 cm³/mol. The maximum atomic E-state index is 14.6. The number of fused-ring (bicyclic) bond motifs is 9. The Balaban J connectivity index is 1.62. The van der Waals surface area contributed by atoms with Crippen molar-refractivity contribution in [1.29, 1.82) is 0 Å². The van der Waals surface area contributed by atoms with Gasteiger partial charge in [-0.05, 0) is 64.7 Å². The average Bonchev–Trinajstić information content (AvgIpc) is 3.10. The van der Waals surface area contributed by atoms with Gasteiger partial charge in [-0.1, -0.05) is 60.7 Å². The molecule has 7 nitrogen and oxygen atoms in total. The van der Waals surface area contributed by atoms with Gasteiger partial charge in [0.25, 0.3) is 16.7 Å². The first-order valence-corrected chi connectivity index (χ1v) is 15.3. The standard InChI is InChI=1S/C39H18N4O3/c44-37-23-11-4-1-8-19(23)22-16-17-30-35-31(22)40(37)28-14-7-15-29-34(28)43(35)36-32-26(20-9-2-5-12-24(20)38(45)41(29)32)18-27-21-10-3-6-13-25(21)39(46)42(30)33(27)36/h1-18H. The lowest BCUT2D eigenvalue weighted by Gasteiger charge is -2.26. The van der Waals surface area contributed by atoms with Crippen molar-refractivity contribution in [2.75, 3.05) is 0 Å². The fraction of sp³-hybridized carbons (Fsp3) is 0. The zero-order valence-electron chi connectivity index (χ0n) is 23.9. The number of aromatic nitrogens is 4. The summed E-state index contributed by atoms with van der Waals surface area (Å²) in [4.78, 5) is 43.7. The molecular weight excluding hydrogens is 572 g/mol. The van der Waals surface area contributed by atoms with Gasteiger partial charge in [-0.2, -0.15) is 0 Å². The second-order valence-electron chi connectivity index (χ2n) is 12.4. The van der Waals surface area contributed by atoms with Gasteiger partial charge in [0.1, 0.15) is 0 Å². The molecule has 0 bridgehead atoms. The number of rotatable bonds is 0. The maximum Gasteiger partial charge on any atom is 0.263 e. The summed E-state index contributed by atoms with van der Waals surface area (Å²) in [6.45, 7) is 0. The molecule has 6 aromatic carbocycles. The molecule has 7 heteroatoms. The minimum atomic E-state index is -0.138. The van der Waals surface area contributed by atoms with E-state index in [9.17, 15) is 14.4 Å². The van der Waals surface area contributed by atoms with Crippen LogP contribution in [0.25, 0.3) is 98.1 Å². The molecule has 212 valence electrons. The van der Waals surface area contributed by atoms with Gasteiger partial charge in [0.05, 0.1) is 49.7 Å². The summed E-state index contributed by atoms with van der Waals surface area (Å²) in [7, 11) is 0. The zero-order chi connectivity index (χ0) is 30.2. The Bertz CT molecular complexity index is 3490. The minimum absolute atomic E-state index is 0.136. The molecule has 0 fully saturated rings. The second kappa shape index (κ2) is 7.25. The van der Waals surface area contributed by atoms with Crippen molar-refractivity contribution in [2.45, 2.75) is 0 Å². The van der Waals surface area contributed by atoms with E-state index in [1.165, 1.54) is 0 Å². The van der Waals surface area contributed by atoms with Crippen molar-refractivity contribution in [3.05, 3.63) is 140 Å². The molecule has 0 radical (unpaired) electrons. The summed E-state index contributed by atoms with van der Waals surface area (Å²) >= 11 is 0. The first-order valence-electron chi connectivity index (χ1n) is 15.3. The van der Waals surface area contributed by atoms with E-state index in [1.807, 2.05) is 108 Å². The van der Waals surface area contributed by atoms with Crippen LogP contribution < -0.4 is 16.7 Å². The summed E-state index contributed by atoms with van der Waals surface area (Å²) in [5.41, 5.74) is 6.27. The molecular formula is C39H18N4O3. The maximum absolute atomic E-state index is 14.6. The molecule has 0 aliphatic carbocycles. The summed E-state index contributed by atoms with van der Waals surface area (Å²) in [6, 6.07) is 35.2. The van der Waals surface area contributed by atoms with Crippen molar-refractivity contribution in [2.24, 2.45) is 0 Å². The highest BCUT2D eigenvalue weighted by molar-refractivity contribution is 6.28. The van der Waals surface area contributed by atoms with Crippen LogP contribution in [0.5, 0.6) is 0 Å². The van der Waals surface area contributed by atoms with Crippen LogP contribution in [0.4, 0.5) is 0 Å². The van der Waals surface area contributed by atoms with Gasteiger partial charge in [-0.15, -0.1) is 0 Å². The van der Waals surface area contributed by atoms with Gasteiger partial charge in [0, 0.05) is 32.3 Å². The molecule has 6 heterocycles. The number of nitrogens with zero attached hydrogens (tertiary/aromatic N) is 4. The summed E-state index contributed by atoms with van der Waals surface area (Å²) in [6.07, 6.45) is 0. The summed E-state index contributed by atoms with van der Waals surface area (Å²) in [5, 5.41) is 7.22. The van der Waals surface area contributed by atoms with Crippen molar-refractivity contribution >= 4 is 98.1 Å². The van der Waals surface area contributed by atoms with Crippen LogP contribution in [0.3, 0.4) is 0 Å². The normalized spacial score (nSPS) is 13.0. The number of para-hydroxylation sites is 1. The monoisotopic (exact) mass is 590 g/mol. The lowest BCUT2D eigenvalue weighted by Crippen LogP contribution is -2.24. The van der Waals surface area contributed by atoms with Gasteiger partial charge < -0.3 is 0 Å². The molecule has 0 amide bonds. The van der Waals surface area contributed by atoms with E-state index in [4.69, 9.17) is 0 Å². The van der Waals surface area contributed by atoms with E-state index in [2.05, 4.69) is 10.5 Å². The van der Waals surface area contributed by atoms with Gasteiger partial charge in [-0.3, -0.25) is 32.0 Å². The zero-order valence-corrected chi connectivity index (χ0v) is 23.9. The Hall–Kier alpha value is -6.47. The molecule has 46 heavy (non-hydrogen) atoms. The van der Waals surface area contributed by atoms with E-state index < -0.39 is 0 Å². The van der Waals surface area contributed by atoms with Crippen molar-refractivity contribution in [1.82, 2.24) is 17.6 Å². The second-order valence-corrected chi connectivity index (χ2v) is 12.4. The Labute approximate surface area is 255 Å². The van der Waals surface area contributed by atoms with Crippen LogP contribution in [0.15, 0.2) is 124 Å². The largest absolute Gasteiger partial charge is 0.299 e. The van der Waals surface area contributed by atoms with Crippen molar-refractivity contribution < 1.29 is 0 Å². The molecule has 0 atom stereocenters. The third kappa shape index (κ3) is 2.24. The van der Waals surface area contributed by atoms with Crippen LogP contribution in [0, 0.1) is 0 Å². The lowest BCUT2D eigenvalue weighted by molar-refractivity contribution is 1.09. The van der Waals surface area contributed by atoms with E-state index in [1.54, 1.807) is 8.80 Å². The lowest BCUT2D eigenvalue weighted by atomic mass is 9.97. The number of pyridine rings is 3. The Kier molecular flexibility index (Phi) is 3.62. The van der Waals surface area contributed by atoms with E-state index >= 15 is 0 Å². The predicted octanol–water partition coefficient (Wildman–Crippen LogP) is 7.16. The van der Waals surface area contributed by atoms with E-state index in [0.717, 1.165) is 65.4 Å². The molecule has 0 spiro atoms. The fourth-order valence-corrected chi connectivity index (χ4v) is 8.65. The first kappa shape index (κ1) is 23.0. The Morgan fingerprint density at radius 3 is 1.20 bits per heavy atom. The Morgan fingerprint density at radius 1 is 0.283 bits per heavy atom. The van der Waals surface area contributed by atoms with Crippen LogP contribution >= 0.6 is 0 Å². The van der Waals surface area contributed by atoms with Crippen LogP contribution in [-0.2, 0) is 0 Å². The highest BCUT2D eigenvalue weighted by Crippen LogP contribution is 2.43. The van der Waals surface area contributed by atoms with Crippen LogP contribution in [0.2, 0.25) is 0 Å². The molecule has 0 aliphatic rings. The molecule has 6 aromatic heterocycles. The third-order valence-corrected chi connectivity index (χ3v) is 10.4. The Morgan fingerprint density at radius 2 is 0.696 bits per heavy atom. The van der Waals surface area contributed by atoms with Gasteiger partial charge in [0.15, 0.2) is 0 Å². The highest BCUT2D eigenvalue weighted by atomic mass is 16.1. The number of benzene rings is 6. The molecule has 12 rings (SSSR count). The highest BCUT2D eigenvalue weighted by Gasteiger charge is 2.28. The SMILES string of the molecule is O=c1c2ccccc2c2ccc3c4c2n1c1cccc2c1n4c1c4c(cc5c6ccccc6c(=O)n3c51)c1ccccc1c(=O)n24. The van der Waals surface area contributed by atoms with E-state index in [0.29, 0.717) is 32.7 Å². The van der Waals surface area contributed by atoms with Gasteiger partial charge in [0.2, 0.25) is 0 Å². The van der Waals surface area contributed by atoms with Crippen molar-refractivity contribution in [3.63, 3.8) is 0 Å². The molecule has 0 N–H and O–H groups in total. The minimum Gasteiger partial charge on any atom is -0.299 e. The molecule has 0 aliphatic heterocycles. The third-order valence-electron chi connectivity index (χ3n) is 10.4. The van der Waals surface area contributed by atoms with Gasteiger partial charge in [-0.25, -0.2) is 0 Å². The van der Waals surface area contributed by atoms with Crippen LogP contribution in [0.1, 0.15) is 0 Å². The number of hydrogen-bond donors (Lipinski definition) is 0. The van der Waals surface area contributed by atoms with Crippen LogP contribution in [-0.4, -0.2) is 17.6 Å². The first-order chi connectivity index (χ1) is 22.6. The number of hydrogen-bond acceptors (Lipinski definition) is 3. The van der Waals surface area contributed by atoms with E-state index in [-0.39, 0.29) is 16.7 Å². The smallest absolute Gasteiger partial charge is 0.263 e.